The van der Waals surface area contributed by atoms with Crippen molar-refractivity contribution in [3.63, 3.8) is 0 Å². The third-order valence-corrected chi connectivity index (χ3v) is 12.4. The second-order valence-electron chi connectivity index (χ2n) is 16.7. The minimum Gasteiger partial charge on any atom is -0.507 e. The summed E-state index contributed by atoms with van der Waals surface area (Å²) in [6.07, 6.45) is 4.31. The zero-order valence-corrected chi connectivity index (χ0v) is 35.8. The van der Waals surface area contributed by atoms with Gasteiger partial charge < -0.3 is 45.1 Å². The van der Waals surface area contributed by atoms with Crippen molar-refractivity contribution in [2.45, 2.75) is 92.5 Å². The number of ketones is 2. The molecule has 0 saturated carbocycles. The largest absolute Gasteiger partial charge is 0.507 e. The fourth-order valence-corrected chi connectivity index (χ4v) is 8.21. The minimum absolute atomic E-state index is 0.00548. The van der Waals surface area contributed by atoms with E-state index in [1.54, 1.807) is 44.0 Å². The molecule has 1 saturated heterocycles. The lowest BCUT2D eigenvalue weighted by molar-refractivity contribution is -0.181. The number of allylic oxidation sites excluding steroid dienone is 5. The summed E-state index contributed by atoms with van der Waals surface area (Å²) in [6.45, 7) is 17.2. The molecular formula is C44H60N4O12. The van der Waals surface area contributed by atoms with Crippen molar-refractivity contribution >= 4 is 29.7 Å². The van der Waals surface area contributed by atoms with Crippen molar-refractivity contribution in [3.8, 4) is 11.5 Å². The molecule has 5 bridgehead atoms. The molecule has 1 fully saturated rings. The van der Waals surface area contributed by atoms with E-state index in [0.717, 1.165) is 0 Å². The maximum absolute atomic E-state index is 14.7. The number of nitrogens with zero attached hydrogens (tertiary/aromatic N) is 3. The minimum atomic E-state index is -1.86. The molecule has 6 N–H and O–H groups in total. The summed E-state index contributed by atoms with van der Waals surface area (Å²) in [5, 5.41) is 64.4. The number of benzene rings is 1. The summed E-state index contributed by atoms with van der Waals surface area (Å²) in [5.74, 6) is -7.98. The van der Waals surface area contributed by atoms with E-state index in [2.05, 4.69) is 15.3 Å². The summed E-state index contributed by atoms with van der Waals surface area (Å²) >= 11 is 0. The topological polar surface area (TPSA) is 228 Å². The smallest absolute Gasteiger partial charge is 0.302 e. The van der Waals surface area contributed by atoms with E-state index >= 15 is 0 Å². The van der Waals surface area contributed by atoms with Crippen LogP contribution in [0.4, 0.5) is 0 Å². The van der Waals surface area contributed by atoms with Crippen LogP contribution in [0.15, 0.2) is 52.5 Å². The number of carbonyl (C=O) groups excluding carboxylic acids is 4. The van der Waals surface area contributed by atoms with Gasteiger partial charge in [-0.1, -0.05) is 52.8 Å². The van der Waals surface area contributed by atoms with Gasteiger partial charge in [-0.15, -0.1) is 0 Å². The number of phenolic OH excluding ortho intramolecular Hbond substituents is 1. The highest BCUT2D eigenvalue weighted by Crippen LogP contribution is 2.53. The van der Waals surface area contributed by atoms with Gasteiger partial charge in [-0.3, -0.25) is 29.1 Å². The number of carbonyl (C=O) groups is 4. The summed E-state index contributed by atoms with van der Waals surface area (Å²) in [7, 11) is 0. The summed E-state index contributed by atoms with van der Waals surface area (Å²) in [6, 6.07) is 0. The van der Waals surface area contributed by atoms with Crippen molar-refractivity contribution in [2.75, 3.05) is 39.3 Å². The van der Waals surface area contributed by atoms with E-state index in [-0.39, 0.29) is 52.0 Å². The average Bonchev–Trinajstić information content (AvgIpc) is 3.47. The van der Waals surface area contributed by atoms with E-state index in [1.807, 2.05) is 13.8 Å². The van der Waals surface area contributed by atoms with Gasteiger partial charge in [0, 0.05) is 86.6 Å². The maximum Gasteiger partial charge on any atom is 0.302 e. The van der Waals surface area contributed by atoms with E-state index in [9.17, 15) is 44.7 Å². The Balaban J connectivity index is 1.63. The molecule has 1 aromatic rings. The van der Waals surface area contributed by atoms with Crippen LogP contribution in [0.2, 0.25) is 0 Å². The quantitative estimate of drug-likeness (QED) is 0.185. The summed E-state index contributed by atoms with van der Waals surface area (Å²) in [4.78, 5) is 57.3. The molecule has 4 heterocycles. The van der Waals surface area contributed by atoms with Crippen LogP contribution in [0.3, 0.4) is 0 Å². The first-order valence-corrected chi connectivity index (χ1v) is 20.5. The number of esters is 1. The second kappa shape index (κ2) is 18.8. The van der Waals surface area contributed by atoms with Gasteiger partial charge in [-0.2, -0.15) is 5.10 Å². The number of amides is 1. The van der Waals surface area contributed by atoms with Crippen molar-refractivity contribution in [1.29, 1.82) is 0 Å². The number of hydrogen-bond donors (Lipinski definition) is 6. The third-order valence-electron chi connectivity index (χ3n) is 12.4. The van der Waals surface area contributed by atoms with E-state index in [4.69, 9.17) is 14.2 Å². The summed E-state index contributed by atoms with van der Waals surface area (Å²) < 4.78 is 18.0. The van der Waals surface area contributed by atoms with Crippen LogP contribution >= 0.6 is 0 Å². The van der Waals surface area contributed by atoms with Crippen LogP contribution in [-0.4, -0.2) is 129 Å². The lowest BCUT2D eigenvalue weighted by Gasteiger charge is -2.37. The molecule has 1 aromatic carbocycles. The fraction of sp³-hybridized carbons (Fsp3) is 0.568. The molecule has 0 spiro atoms. The molecule has 16 heteroatoms. The molecule has 16 nitrogen and oxygen atoms in total. The van der Waals surface area contributed by atoms with Crippen LogP contribution in [0.1, 0.15) is 93.3 Å². The first-order chi connectivity index (χ1) is 28.2. The van der Waals surface area contributed by atoms with Gasteiger partial charge >= 0.3 is 5.97 Å². The Kier molecular flexibility index (Phi) is 14.5. The second-order valence-corrected chi connectivity index (χ2v) is 16.7. The van der Waals surface area contributed by atoms with Gasteiger partial charge in [0.05, 0.1) is 42.4 Å². The normalized spacial score (nSPS) is 32.2. The predicted octanol–water partition coefficient (Wildman–Crippen LogP) is 3.07. The number of β-amino-alcohol motifs (C(OH)–C–C–N with tert-alkyl or cyclic N) is 1. The van der Waals surface area contributed by atoms with Gasteiger partial charge in [-0.25, -0.2) is 0 Å². The lowest BCUT2D eigenvalue weighted by Crippen LogP contribution is -2.45. The molecule has 4 aliphatic heterocycles. The van der Waals surface area contributed by atoms with E-state index in [0.29, 0.717) is 32.7 Å². The van der Waals surface area contributed by atoms with Gasteiger partial charge in [0.1, 0.15) is 23.3 Å². The van der Waals surface area contributed by atoms with Crippen molar-refractivity contribution in [2.24, 2.45) is 34.7 Å². The van der Waals surface area contributed by atoms with Crippen LogP contribution in [-0.2, 0) is 19.1 Å². The van der Waals surface area contributed by atoms with Gasteiger partial charge in [0.2, 0.25) is 5.78 Å². The lowest BCUT2D eigenvalue weighted by atomic mass is 9.77. The van der Waals surface area contributed by atoms with E-state index in [1.165, 1.54) is 46.2 Å². The Hall–Kier alpha value is -4.87. The molecule has 10 atom stereocenters. The molecular weight excluding hydrogens is 776 g/mol. The number of aliphatic hydroxyl groups excluding tert-OH is 4. The summed E-state index contributed by atoms with van der Waals surface area (Å²) in [5.41, 5.74) is -1.35. The fourth-order valence-electron chi connectivity index (χ4n) is 8.21. The zero-order chi connectivity index (χ0) is 44.4. The van der Waals surface area contributed by atoms with Crippen molar-refractivity contribution in [1.82, 2.24) is 15.2 Å². The molecule has 6 rings (SSSR count). The number of Topliss-reactive ketones (excluding diaryl/α,β-unsaturated/α-hetero) is 2. The monoisotopic (exact) mass is 836 g/mol. The van der Waals surface area contributed by atoms with Gasteiger partial charge in [0.25, 0.3) is 11.7 Å². The molecule has 5 aliphatic rings. The maximum atomic E-state index is 14.7. The number of rotatable bonds is 5. The number of fused-ring (bicyclic) bond motifs is 14. The highest BCUT2D eigenvalue weighted by atomic mass is 16.7. The number of ether oxygens (including phenoxy) is 3. The third kappa shape index (κ3) is 9.22. The number of aliphatic hydroxyl groups is 4. The highest BCUT2D eigenvalue weighted by molar-refractivity contribution is 6.35. The van der Waals surface area contributed by atoms with Gasteiger partial charge in [0.15, 0.2) is 11.9 Å². The predicted molar refractivity (Wildman–Crippen MR) is 221 cm³/mol. The van der Waals surface area contributed by atoms with Crippen molar-refractivity contribution < 1.29 is 58.9 Å². The molecule has 328 valence electrons. The van der Waals surface area contributed by atoms with E-state index < -0.39 is 88.4 Å². The molecule has 0 radical (unpaired) electrons. The molecule has 1 amide bonds. The first-order valence-electron chi connectivity index (χ1n) is 20.5. The highest BCUT2D eigenvalue weighted by Gasteiger charge is 2.52. The first kappa shape index (κ1) is 46.2. The van der Waals surface area contributed by atoms with Crippen LogP contribution < -0.4 is 10.1 Å². The Morgan fingerprint density at radius 2 is 1.62 bits per heavy atom. The number of phenols is 1. The molecule has 0 aromatic heterocycles. The number of hydrazone groups is 1. The number of aromatic hydroxyl groups is 1. The standard InChI is InChI=1S/C44H60N4O12/c1-22-13-20-58-44(9)42(56)33-31-32(37(53)28(7)41(33)60-44)39(55)34(30(38(31)54)21-45-48-16-14-47(15-17-48)18-19-49)46-43(57)24(3)12-10-11-23(2)35(51)26(5)36(52)27(6)40(25(22)4)59-29(8)50/h10-13,20-23,25-27,35-36,40,42,49,51-53,56H,14-19H2,1-9H3,(H,46,57). The number of piperazine rings is 1. The Bertz CT molecular complexity index is 2000. The molecule has 60 heavy (non-hydrogen) atoms. The van der Waals surface area contributed by atoms with Crippen LogP contribution in [0, 0.1) is 36.5 Å². The molecule has 1 aliphatic carbocycles. The van der Waals surface area contributed by atoms with Crippen LogP contribution in [0.5, 0.6) is 11.5 Å². The Labute approximate surface area is 350 Å². The SMILES string of the molecule is CC(=O)OC1C(C)C(C)C=COC2(C)Oc3c(C)c(O)c4c(c3C2O)C(=O)C(C=NN2CCN(CCO)CC2)=C(NC(=O)C(C)=CC=CC(C)C(O)C(C)C(O)C1C)C4=O. The Morgan fingerprint density at radius 1 is 0.950 bits per heavy atom. The number of hydrogen-bond acceptors (Lipinski definition) is 15. The average molecular weight is 837 g/mol. The van der Waals surface area contributed by atoms with Crippen LogP contribution in [0.25, 0.3) is 0 Å². The Morgan fingerprint density at radius 3 is 2.25 bits per heavy atom. The van der Waals surface area contributed by atoms with Gasteiger partial charge in [-0.05, 0) is 31.8 Å². The zero-order valence-electron chi connectivity index (χ0n) is 35.8. The molecule has 10 unspecified atom stereocenters. The number of nitrogens with one attached hydrogen (secondary N) is 1. The van der Waals surface area contributed by atoms with Crippen molar-refractivity contribution in [3.05, 3.63) is 69.7 Å².